The van der Waals surface area contributed by atoms with E-state index < -0.39 is 28.5 Å². The van der Waals surface area contributed by atoms with Crippen LogP contribution in [-0.4, -0.2) is 57.1 Å². The summed E-state index contributed by atoms with van der Waals surface area (Å²) in [5, 5.41) is 4.70. The number of hydrogen-bond acceptors (Lipinski definition) is 5. The summed E-state index contributed by atoms with van der Waals surface area (Å²) in [6.07, 6.45) is 6.24. The van der Waals surface area contributed by atoms with Gasteiger partial charge < -0.3 is 15.0 Å². The second-order valence-electron chi connectivity index (χ2n) is 10.2. The number of anilines is 1. The number of fused-ring (bicyclic) bond motifs is 1. The van der Waals surface area contributed by atoms with Crippen LogP contribution in [-0.2, 0) is 26.2 Å². The lowest BCUT2D eigenvalue weighted by atomic mass is 9.95. The number of rotatable bonds is 10. The molecule has 0 aliphatic heterocycles. The van der Waals surface area contributed by atoms with Crippen molar-refractivity contribution < 1.29 is 22.7 Å². The van der Waals surface area contributed by atoms with Gasteiger partial charge in [-0.25, -0.2) is 8.42 Å². The normalized spacial score (nSPS) is 14.9. The van der Waals surface area contributed by atoms with Crippen molar-refractivity contribution in [2.45, 2.75) is 57.7 Å². The van der Waals surface area contributed by atoms with Gasteiger partial charge in [-0.05, 0) is 48.9 Å². The molecule has 0 radical (unpaired) electrons. The topological polar surface area (TPSA) is 96.0 Å². The number of sulfonamides is 1. The van der Waals surface area contributed by atoms with E-state index in [2.05, 4.69) is 5.32 Å². The van der Waals surface area contributed by atoms with Crippen molar-refractivity contribution in [3.8, 4) is 5.75 Å². The van der Waals surface area contributed by atoms with E-state index in [0.29, 0.717) is 11.4 Å². The zero-order chi connectivity index (χ0) is 28.0. The van der Waals surface area contributed by atoms with Gasteiger partial charge in [0.25, 0.3) is 0 Å². The molecule has 4 rings (SSSR count). The zero-order valence-electron chi connectivity index (χ0n) is 22.8. The van der Waals surface area contributed by atoms with Crippen molar-refractivity contribution in [3.05, 3.63) is 72.3 Å². The van der Waals surface area contributed by atoms with Crippen LogP contribution in [0.25, 0.3) is 10.8 Å². The molecule has 2 amide bonds. The van der Waals surface area contributed by atoms with E-state index in [4.69, 9.17) is 4.74 Å². The van der Waals surface area contributed by atoms with Crippen molar-refractivity contribution in [3.63, 3.8) is 0 Å². The number of amides is 2. The maximum Gasteiger partial charge on any atom is 0.244 e. The quantitative estimate of drug-likeness (QED) is 0.401. The molecule has 1 aliphatic rings. The Kier molecular flexibility index (Phi) is 9.12. The summed E-state index contributed by atoms with van der Waals surface area (Å²) in [5.41, 5.74) is 1.20. The van der Waals surface area contributed by atoms with Crippen molar-refractivity contribution in [2.75, 3.05) is 24.2 Å². The molecule has 3 aromatic carbocycles. The van der Waals surface area contributed by atoms with E-state index in [1.54, 1.807) is 32.2 Å². The Morgan fingerprint density at radius 1 is 1.00 bits per heavy atom. The zero-order valence-corrected chi connectivity index (χ0v) is 23.6. The molecule has 1 fully saturated rings. The molecule has 0 heterocycles. The smallest absolute Gasteiger partial charge is 0.244 e. The summed E-state index contributed by atoms with van der Waals surface area (Å²) in [4.78, 5) is 28.7. The van der Waals surface area contributed by atoms with E-state index in [0.717, 1.165) is 59.0 Å². The first-order valence-electron chi connectivity index (χ1n) is 13.4. The van der Waals surface area contributed by atoms with Crippen LogP contribution in [0.15, 0.2) is 66.7 Å². The number of nitrogens with zero attached hydrogens (tertiary/aromatic N) is 2. The van der Waals surface area contributed by atoms with Crippen LogP contribution in [0.4, 0.5) is 5.69 Å². The molecule has 1 saturated carbocycles. The average Bonchev–Trinajstić information content (AvgIpc) is 2.94. The molecule has 0 saturated heterocycles. The van der Waals surface area contributed by atoms with E-state index in [9.17, 15) is 18.0 Å². The van der Waals surface area contributed by atoms with Crippen LogP contribution in [0.3, 0.4) is 0 Å². The second kappa shape index (κ2) is 12.5. The average molecular weight is 552 g/mol. The lowest BCUT2D eigenvalue weighted by Crippen LogP contribution is -2.53. The molecule has 1 N–H and O–H groups in total. The first-order chi connectivity index (χ1) is 18.7. The third kappa shape index (κ3) is 7.09. The SMILES string of the molecule is COc1cccc(CN(C(=O)CN(c2cccc3ccccc23)S(C)(=O)=O)C(C)C(=O)NC2CCCCC2)c1. The number of ether oxygens (including phenoxy) is 1. The maximum absolute atomic E-state index is 13.9. The highest BCUT2D eigenvalue weighted by atomic mass is 32.2. The molecule has 0 aromatic heterocycles. The summed E-state index contributed by atoms with van der Waals surface area (Å²) in [6.45, 7) is 1.39. The fourth-order valence-corrected chi connectivity index (χ4v) is 6.00. The van der Waals surface area contributed by atoms with E-state index in [-0.39, 0.29) is 18.5 Å². The fourth-order valence-electron chi connectivity index (χ4n) is 5.14. The van der Waals surface area contributed by atoms with Gasteiger partial charge in [0.1, 0.15) is 18.3 Å². The number of carbonyl (C=O) groups is 2. The van der Waals surface area contributed by atoms with Gasteiger partial charge >= 0.3 is 0 Å². The lowest BCUT2D eigenvalue weighted by Gasteiger charge is -2.33. The van der Waals surface area contributed by atoms with Crippen LogP contribution >= 0.6 is 0 Å². The van der Waals surface area contributed by atoms with Crippen LogP contribution in [0.1, 0.15) is 44.6 Å². The van der Waals surface area contributed by atoms with Crippen LogP contribution in [0, 0.1) is 0 Å². The van der Waals surface area contributed by atoms with Crippen molar-refractivity contribution in [1.29, 1.82) is 0 Å². The van der Waals surface area contributed by atoms with Crippen LogP contribution in [0.5, 0.6) is 5.75 Å². The predicted molar refractivity (Wildman–Crippen MR) is 154 cm³/mol. The monoisotopic (exact) mass is 551 g/mol. The largest absolute Gasteiger partial charge is 0.497 e. The maximum atomic E-state index is 13.9. The summed E-state index contributed by atoms with van der Waals surface area (Å²) in [5.74, 6) is -0.0792. The highest BCUT2D eigenvalue weighted by molar-refractivity contribution is 7.92. The molecule has 39 heavy (non-hydrogen) atoms. The molecule has 1 aliphatic carbocycles. The van der Waals surface area contributed by atoms with Gasteiger partial charge in [-0.2, -0.15) is 0 Å². The van der Waals surface area contributed by atoms with Crippen LogP contribution in [0.2, 0.25) is 0 Å². The Bertz CT molecular complexity index is 1410. The number of carbonyl (C=O) groups excluding carboxylic acids is 2. The minimum Gasteiger partial charge on any atom is -0.497 e. The van der Waals surface area contributed by atoms with Gasteiger partial charge in [0, 0.05) is 18.0 Å². The minimum atomic E-state index is -3.82. The summed E-state index contributed by atoms with van der Waals surface area (Å²) < 4.78 is 32.5. The summed E-state index contributed by atoms with van der Waals surface area (Å²) >= 11 is 0. The number of nitrogens with one attached hydrogen (secondary N) is 1. The fraction of sp³-hybridized carbons (Fsp3) is 0.400. The molecule has 0 spiro atoms. The van der Waals surface area contributed by atoms with Gasteiger partial charge in [-0.1, -0.05) is 67.8 Å². The van der Waals surface area contributed by atoms with Gasteiger partial charge in [0.05, 0.1) is 19.1 Å². The third-order valence-electron chi connectivity index (χ3n) is 7.32. The molecule has 3 aromatic rings. The van der Waals surface area contributed by atoms with Crippen molar-refractivity contribution >= 4 is 38.3 Å². The molecule has 1 atom stereocenters. The molecule has 0 bridgehead atoms. The highest BCUT2D eigenvalue weighted by Crippen LogP contribution is 2.29. The lowest BCUT2D eigenvalue weighted by molar-refractivity contribution is -0.139. The Morgan fingerprint density at radius 3 is 2.41 bits per heavy atom. The van der Waals surface area contributed by atoms with Crippen molar-refractivity contribution in [1.82, 2.24) is 10.2 Å². The van der Waals surface area contributed by atoms with E-state index in [1.165, 1.54) is 4.90 Å². The molecular weight excluding hydrogens is 514 g/mol. The molecule has 1 unspecified atom stereocenters. The Hall–Kier alpha value is -3.59. The predicted octanol–water partition coefficient (Wildman–Crippen LogP) is 4.48. The van der Waals surface area contributed by atoms with Gasteiger partial charge in [-0.3, -0.25) is 13.9 Å². The summed E-state index contributed by atoms with van der Waals surface area (Å²) in [7, 11) is -2.26. The Balaban J connectivity index is 1.65. The van der Waals surface area contributed by atoms with Crippen LogP contribution < -0.4 is 14.4 Å². The van der Waals surface area contributed by atoms with Crippen molar-refractivity contribution in [2.24, 2.45) is 0 Å². The molecule has 9 heteroatoms. The minimum absolute atomic E-state index is 0.0886. The number of benzene rings is 3. The number of methoxy groups -OCH3 is 1. The first-order valence-corrected chi connectivity index (χ1v) is 15.2. The Morgan fingerprint density at radius 2 is 1.69 bits per heavy atom. The molecule has 208 valence electrons. The van der Waals surface area contributed by atoms with E-state index >= 15 is 0 Å². The molecule has 8 nitrogen and oxygen atoms in total. The highest BCUT2D eigenvalue weighted by Gasteiger charge is 2.31. The van der Waals surface area contributed by atoms with E-state index in [1.807, 2.05) is 48.5 Å². The van der Waals surface area contributed by atoms with Gasteiger partial charge in [-0.15, -0.1) is 0 Å². The second-order valence-corrected chi connectivity index (χ2v) is 12.1. The third-order valence-corrected chi connectivity index (χ3v) is 8.45. The van der Waals surface area contributed by atoms with Gasteiger partial charge in [0.15, 0.2) is 0 Å². The van der Waals surface area contributed by atoms with Gasteiger partial charge in [0.2, 0.25) is 21.8 Å². The molecular formula is C30H37N3O5S. The number of hydrogen-bond donors (Lipinski definition) is 1. The summed E-state index contributed by atoms with van der Waals surface area (Å²) in [6, 6.07) is 19.4. The first kappa shape index (κ1) is 28.4. The standard InChI is InChI=1S/C30H37N3O5S/c1-22(30(35)31-25-14-5-4-6-15-25)32(20-23-11-9-16-26(19-23)38-2)29(34)21-33(39(3,36)37)28-18-10-13-24-12-7-8-17-27(24)28/h7-13,16-19,22,25H,4-6,14-15,20-21H2,1-3H3,(H,31,35). The Labute approximate surface area is 231 Å².